The van der Waals surface area contributed by atoms with Crippen molar-refractivity contribution in [1.82, 2.24) is 10.2 Å². The molecule has 1 heterocycles. The summed E-state index contributed by atoms with van der Waals surface area (Å²) in [6.07, 6.45) is 0.242. The van der Waals surface area contributed by atoms with Gasteiger partial charge in [-0.2, -0.15) is 0 Å². The average molecular weight is 357 g/mol. The van der Waals surface area contributed by atoms with Gasteiger partial charge in [-0.25, -0.2) is 4.39 Å². The van der Waals surface area contributed by atoms with Crippen molar-refractivity contribution in [3.05, 3.63) is 34.1 Å². The molecule has 1 aliphatic rings. The maximum Gasteiger partial charge on any atom is 0.248 e. The van der Waals surface area contributed by atoms with Gasteiger partial charge in [-0.05, 0) is 44.5 Å². The molecule has 1 N–H and O–H groups in total. The van der Waals surface area contributed by atoms with Gasteiger partial charge in [0.05, 0.1) is 0 Å². The molecule has 0 bridgehead atoms. The Kier molecular flexibility index (Phi) is 4.37. The Morgan fingerprint density at radius 1 is 1.38 bits per heavy atom. The smallest absolute Gasteiger partial charge is 0.248 e. The number of carbonyl (C=O) groups is 2. The van der Waals surface area contributed by atoms with E-state index >= 15 is 0 Å². The molecule has 1 fully saturated rings. The molecule has 1 aliphatic heterocycles. The van der Waals surface area contributed by atoms with E-state index in [1.807, 2.05) is 6.92 Å². The normalized spacial score (nSPS) is 22.0. The van der Waals surface area contributed by atoms with Crippen molar-refractivity contribution in [3.63, 3.8) is 0 Å². The molecule has 6 heteroatoms. The monoisotopic (exact) mass is 356 g/mol. The predicted octanol–water partition coefficient (Wildman–Crippen LogP) is 2.60. The van der Waals surface area contributed by atoms with E-state index in [-0.39, 0.29) is 36.6 Å². The van der Waals surface area contributed by atoms with Crippen LogP contribution in [0, 0.1) is 5.82 Å². The highest BCUT2D eigenvalue weighted by Gasteiger charge is 2.39. The summed E-state index contributed by atoms with van der Waals surface area (Å²) >= 11 is 3.25. The average Bonchev–Trinajstić information content (AvgIpc) is 2.38. The summed E-state index contributed by atoms with van der Waals surface area (Å²) in [6.45, 7) is 5.46. The second-order valence-corrected chi connectivity index (χ2v) is 6.85. The highest BCUT2D eigenvalue weighted by molar-refractivity contribution is 9.10. The fraction of sp³-hybridized carbons (Fsp3) is 0.467. The number of hydrogen-bond acceptors (Lipinski definition) is 2. The molecule has 0 radical (unpaired) electrons. The van der Waals surface area contributed by atoms with Crippen molar-refractivity contribution < 1.29 is 14.0 Å². The van der Waals surface area contributed by atoms with E-state index in [0.717, 1.165) is 0 Å². The molecular formula is C15H18BrFN2O2. The minimum absolute atomic E-state index is 0.149. The molecule has 0 spiro atoms. The lowest BCUT2D eigenvalue weighted by Crippen LogP contribution is -2.53. The largest absolute Gasteiger partial charge is 0.342 e. The van der Waals surface area contributed by atoms with Gasteiger partial charge in [0, 0.05) is 23.5 Å². The van der Waals surface area contributed by atoms with Gasteiger partial charge in [-0.15, -0.1) is 0 Å². The first-order chi connectivity index (χ1) is 9.69. The number of halogens is 2. The molecule has 1 atom stereocenters. The van der Waals surface area contributed by atoms with Crippen molar-refractivity contribution >= 4 is 27.7 Å². The zero-order valence-corrected chi connectivity index (χ0v) is 13.8. The Hall–Kier alpha value is -1.43. The summed E-state index contributed by atoms with van der Waals surface area (Å²) < 4.78 is 14.1. The van der Waals surface area contributed by atoms with Crippen molar-refractivity contribution in [2.75, 3.05) is 0 Å². The first-order valence-electron chi connectivity index (χ1n) is 6.76. The van der Waals surface area contributed by atoms with Crippen molar-refractivity contribution in [2.24, 2.45) is 0 Å². The molecule has 114 valence electrons. The van der Waals surface area contributed by atoms with E-state index < -0.39 is 5.54 Å². The Bertz CT molecular complexity index is 569. The van der Waals surface area contributed by atoms with Gasteiger partial charge in [0.2, 0.25) is 11.8 Å². The summed E-state index contributed by atoms with van der Waals surface area (Å²) in [4.78, 5) is 26.0. The minimum Gasteiger partial charge on any atom is -0.342 e. The van der Waals surface area contributed by atoms with Crippen LogP contribution in [0.25, 0.3) is 0 Å². The van der Waals surface area contributed by atoms with E-state index in [2.05, 4.69) is 21.2 Å². The Labute approximate surface area is 131 Å². The van der Waals surface area contributed by atoms with Crippen LogP contribution in [0.4, 0.5) is 4.39 Å². The third kappa shape index (κ3) is 3.61. The minimum atomic E-state index is -0.952. The number of carbonyl (C=O) groups excluding carboxylic acids is 2. The number of amides is 2. The van der Waals surface area contributed by atoms with E-state index in [9.17, 15) is 14.0 Å². The second-order valence-electron chi connectivity index (χ2n) is 5.94. The number of hydrogen-bond donors (Lipinski definition) is 1. The SMILES string of the molecule is CC1CC(=O)NC(C)(C)C(=O)N1Cc1cc(F)cc(Br)c1. The summed E-state index contributed by atoms with van der Waals surface area (Å²) in [6, 6.07) is 4.31. The summed E-state index contributed by atoms with van der Waals surface area (Å²) in [5, 5.41) is 2.72. The molecule has 0 aromatic heterocycles. The van der Waals surface area contributed by atoms with Gasteiger partial charge >= 0.3 is 0 Å². The molecule has 0 aliphatic carbocycles. The zero-order chi connectivity index (χ0) is 15.8. The van der Waals surface area contributed by atoms with Crippen LogP contribution in [0.1, 0.15) is 32.8 Å². The lowest BCUT2D eigenvalue weighted by molar-refractivity contribution is -0.139. The van der Waals surface area contributed by atoms with E-state index in [1.165, 1.54) is 12.1 Å². The molecular weight excluding hydrogens is 339 g/mol. The molecule has 2 rings (SSSR count). The van der Waals surface area contributed by atoms with Gasteiger partial charge in [-0.1, -0.05) is 15.9 Å². The van der Waals surface area contributed by atoms with E-state index in [0.29, 0.717) is 10.0 Å². The lowest BCUT2D eigenvalue weighted by Gasteiger charge is -2.32. The van der Waals surface area contributed by atoms with Gasteiger partial charge < -0.3 is 10.2 Å². The summed E-state index contributed by atoms with van der Waals surface area (Å²) in [5.41, 5.74) is -0.265. The van der Waals surface area contributed by atoms with Crippen molar-refractivity contribution in [3.8, 4) is 0 Å². The maximum absolute atomic E-state index is 13.5. The van der Waals surface area contributed by atoms with Gasteiger partial charge in [0.15, 0.2) is 0 Å². The third-order valence-corrected chi connectivity index (χ3v) is 3.99. The Balaban J connectivity index is 2.31. The van der Waals surface area contributed by atoms with E-state index in [4.69, 9.17) is 0 Å². The van der Waals surface area contributed by atoms with Crippen molar-refractivity contribution in [1.29, 1.82) is 0 Å². The molecule has 1 saturated heterocycles. The molecule has 0 saturated carbocycles. The lowest BCUT2D eigenvalue weighted by atomic mass is 10.0. The van der Waals surface area contributed by atoms with Crippen LogP contribution < -0.4 is 5.32 Å². The first-order valence-corrected chi connectivity index (χ1v) is 7.55. The topological polar surface area (TPSA) is 49.4 Å². The van der Waals surface area contributed by atoms with Crippen LogP contribution in [-0.4, -0.2) is 28.3 Å². The molecule has 4 nitrogen and oxygen atoms in total. The fourth-order valence-electron chi connectivity index (χ4n) is 2.52. The van der Waals surface area contributed by atoms with Crippen LogP contribution in [0.3, 0.4) is 0 Å². The second kappa shape index (κ2) is 5.75. The summed E-state index contributed by atoms with van der Waals surface area (Å²) in [7, 11) is 0. The molecule has 1 aromatic carbocycles. The number of benzene rings is 1. The number of rotatable bonds is 2. The predicted molar refractivity (Wildman–Crippen MR) is 81.0 cm³/mol. The standard InChI is InChI=1S/C15H18BrFN2O2/c1-9-4-13(20)18-15(2,3)14(21)19(9)8-10-5-11(16)7-12(17)6-10/h5-7,9H,4,8H2,1-3H3,(H,18,20). The molecule has 21 heavy (non-hydrogen) atoms. The summed E-state index contributed by atoms with van der Waals surface area (Å²) in [5.74, 6) is -0.673. The van der Waals surface area contributed by atoms with Crippen LogP contribution >= 0.6 is 15.9 Å². The van der Waals surface area contributed by atoms with Gasteiger partial charge in [0.1, 0.15) is 11.4 Å². The molecule has 1 unspecified atom stereocenters. The van der Waals surface area contributed by atoms with Crippen LogP contribution in [0.15, 0.2) is 22.7 Å². The number of nitrogens with zero attached hydrogens (tertiary/aromatic N) is 1. The highest BCUT2D eigenvalue weighted by Crippen LogP contribution is 2.22. The molecule has 1 aromatic rings. The van der Waals surface area contributed by atoms with Gasteiger partial charge in [0.25, 0.3) is 0 Å². The zero-order valence-electron chi connectivity index (χ0n) is 12.2. The third-order valence-electron chi connectivity index (χ3n) is 3.54. The quantitative estimate of drug-likeness (QED) is 0.885. The highest BCUT2D eigenvalue weighted by atomic mass is 79.9. The van der Waals surface area contributed by atoms with Crippen LogP contribution in [0.5, 0.6) is 0 Å². The first kappa shape index (κ1) is 15.9. The maximum atomic E-state index is 13.5. The van der Waals surface area contributed by atoms with Crippen molar-refractivity contribution in [2.45, 2.75) is 45.3 Å². The fourth-order valence-corrected chi connectivity index (χ4v) is 3.03. The number of nitrogens with one attached hydrogen (secondary N) is 1. The molecule has 2 amide bonds. The van der Waals surface area contributed by atoms with E-state index in [1.54, 1.807) is 24.8 Å². The Morgan fingerprint density at radius 3 is 2.67 bits per heavy atom. The van der Waals surface area contributed by atoms with Crippen LogP contribution in [-0.2, 0) is 16.1 Å². The van der Waals surface area contributed by atoms with Gasteiger partial charge in [-0.3, -0.25) is 9.59 Å². The Morgan fingerprint density at radius 2 is 2.05 bits per heavy atom. The van der Waals surface area contributed by atoms with Crippen LogP contribution in [0.2, 0.25) is 0 Å².